The first-order valence-electron chi connectivity index (χ1n) is 9.38. The fourth-order valence-electron chi connectivity index (χ4n) is 3.66. The average Bonchev–Trinajstić information content (AvgIpc) is 3.11. The number of nitrogens with two attached hydrogens (primary N) is 1. The predicted molar refractivity (Wildman–Crippen MR) is 112 cm³/mol. The summed E-state index contributed by atoms with van der Waals surface area (Å²) in [4.78, 5) is 13.0. The van der Waals surface area contributed by atoms with Crippen LogP contribution < -0.4 is 11.2 Å². The lowest BCUT2D eigenvalue weighted by atomic mass is 10.1. The molecule has 5 rings (SSSR count). The van der Waals surface area contributed by atoms with Crippen LogP contribution in [0.3, 0.4) is 0 Å². The molecule has 9 nitrogen and oxygen atoms in total. The van der Waals surface area contributed by atoms with Crippen molar-refractivity contribution in [2.45, 2.75) is 6.54 Å². The third-order valence-electron chi connectivity index (χ3n) is 5.12. The first-order chi connectivity index (χ1) is 14.9. The number of hydrogen-bond donors (Lipinski definition) is 3. The van der Waals surface area contributed by atoms with Crippen LogP contribution in [0, 0.1) is 11.2 Å². The lowest BCUT2D eigenvalue weighted by Crippen LogP contribution is -2.25. The number of nitrogens with one attached hydrogen (secondary N) is 1. The topological polar surface area (TPSA) is 132 Å². The largest absolute Gasteiger partial charge is 0.508 e. The molecule has 0 bridgehead atoms. The molecule has 0 atom stereocenters. The molecule has 0 unspecified atom stereocenters. The van der Waals surface area contributed by atoms with Crippen molar-refractivity contribution in [1.82, 2.24) is 29.3 Å². The van der Waals surface area contributed by atoms with E-state index in [0.29, 0.717) is 28.0 Å². The van der Waals surface area contributed by atoms with Crippen molar-refractivity contribution in [3.63, 3.8) is 0 Å². The Labute approximate surface area is 174 Å². The molecule has 0 amide bonds. The zero-order valence-electron chi connectivity index (χ0n) is 16.4. The summed E-state index contributed by atoms with van der Waals surface area (Å²) < 4.78 is 17.2. The number of aryl methyl sites for hydroxylation is 1. The lowest BCUT2D eigenvalue weighted by molar-refractivity contribution is 0.469. The number of benzene rings is 2. The highest BCUT2D eigenvalue weighted by Crippen LogP contribution is 2.32. The molecule has 5 aromatic rings. The monoisotopic (exact) mass is 416 g/mol. The van der Waals surface area contributed by atoms with Crippen molar-refractivity contribution < 1.29 is 9.50 Å². The number of aromatic hydroxyl groups is 1. The number of hydrogen-bond acceptors (Lipinski definition) is 7. The number of rotatable bonds is 3. The number of phenols is 1. The Morgan fingerprint density at radius 1 is 1.16 bits per heavy atom. The Hall–Kier alpha value is -4.34. The number of aromatic nitrogens is 6. The van der Waals surface area contributed by atoms with Crippen LogP contribution in [0.15, 0.2) is 48.8 Å². The summed E-state index contributed by atoms with van der Waals surface area (Å²) in [5, 5.41) is 23.4. The Morgan fingerprint density at radius 3 is 2.77 bits per heavy atom. The second kappa shape index (κ2) is 6.87. The highest BCUT2D eigenvalue weighted by molar-refractivity contribution is 5.98. The third kappa shape index (κ3) is 3.05. The summed E-state index contributed by atoms with van der Waals surface area (Å²) in [6.07, 6.45) is 1.32. The maximum Gasteiger partial charge on any atom is 0.164 e. The molecule has 0 saturated heterocycles. The Morgan fingerprint density at radius 2 is 1.97 bits per heavy atom. The van der Waals surface area contributed by atoms with Crippen LogP contribution in [0.25, 0.3) is 33.3 Å². The van der Waals surface area contributed by atoms with Gasteiger partial charge < -0.3 is 15.4 Å². The molecular weight excluding hydrogens is 399 g/mol. The molecule has 31 heavy (non-hydrogen) atoms. The van der Waals surface area contributed by atoms with E-state index in [9.17, 15) is 9.50 Å². The van der Waals surface area contributed by atoms with E-state index >= 15 is 0 Å². The van der Waals surface area contributed by atoms with Gasteiger partial charge in [-0.1, -0.05) is 12.1 Å². The summed E-state index contributed by atoms with van der Waals surface area (Å²) in [6.45, 7) is 0.145. The number of phenolic OH excluding ortho intramolecular Hbond substituents is 1. The maximum atomic E-state index is 13.9. The number of halogens is 1. The molecule has 154 valence electrons. The van der Waals surface area contributed by atoms with E-state index in [4.69, 9.17) is 11.1 Å². The number of nitrogens with zero attached hydrogens (tertiary/aromatic N) is 6. The van der Waals surface area contributed by atoms with Crippen molar-refractivity contribution in [1.29, 1.82) is 5.41 Å². The normalized spacial score (nSPS) is 11.4. The van der Waals surface area contributed by atoms with Gasteiger partial charge in [0.15, 0.2) is 5.65 Å². The van der Waals surface area contributed by atoms with Gasteiger partial charge in [-0.2, -0.15) is 5.10 Å². The second-order valence-corrected chi connectivity index (χ2v) is 7.12. The first kappa shape index (κ1) is 18.7. The van der Waals surface area contributed by atoms with Gasteiger partial charge in [0, 0.05) is 18.7 Å². The SMILES string of the molecule is Cn1c(=N)c(Cn2nc(-c3cc(O)cc(F)c3)c3c(N)ncnc32)nc2ccccc21. The van der Waals surface area contributed by atoms with Gasteiger partial charge in [-0.25, -0.2) is 24.0 Å². The van der Waals surface area contributed by atoms with Crippen LogP contribution in [0.4, 0.5) is 10.2 Å². The summed E-state index contributed by atoms with van der Waals surface area (Å²) in [7, 11) is 1.80. The zero-order chi connectivity index (χ0) is 21.7. The summed E-state index contributed by atoms with van der Waals surface area (Å²) >= 11 is 0. The Kier molecular flexibility index (Phi) is 4.14. The quantitative estimate of drug-likeness (QED) is 0.414. The summed E-state index contributed by atoms with van der Waals surface area (Å²) in [5.41, 5.74) is 9.48. The molecule has 0 spiro atoms. The van der Waals surface area contributed by atoms with Crippen molar-refractivity contribution in [3.05, 3.63) is 65.8 Å². The highest BCUT2D eigenvalue weighted by atomic mass is 19.1. The molecule has 4 N–H and O–H groups in total. The number of fused-ring (bicyclic) bond motifs is 2. The summed E-state index contributed by atoms with van der Waals surface area (Å²) in [6, 6.07) is 11.2. The minimum absolute atomic E-state index is 0.145. The Balaban J connectivity index is 1.72. The molecule has 0 fully saturated rings. The van der Waals surface area contributed by atoms with E-state index < -0.39 is 5.82 Å². The van der Waals surface area contributed by atoms with Gasteiger partial charge in [0.1, 0.15) is 40.6 Å². The number of para-hydroxylation sites is 2. The third-order valence-corrected chi connectivity index (χ3v) is 5.12. The molecule has 0 aliphatic heterocycles. The van der Waals surface area contributed by atoms with Crippen molar-refractivity contribution in [2.75, 3.05) is 5.73 Å². The first-order valence-corrected chi connectivity index (χ1v) is 9.38. The van der Waals surface area contributed by atoms with E-state index in [-0.39, 0.29) is 23.6 Å². The van der Waals surface area contributed by atoms with E-state index in [1.165, 1.54) is 18.5 Å². The zero-order valence-corrected chi connectivity index (χ0v) is 16.4. The molecular formula is C21H17FN8O. The van der Waals surface area contributed by atoms with Gasteiger partial charge in [-0.3, -0.25) is 5.41 Å². The van der Waals surface area contributed by atoms with Crippen LogP contribution in [-0.4, -0.2) is 34.4 Å². The Bertz CT molecular complexity index is 1520. The van der Waals surface area contributed by atoms with Crippen molar-refractivity contribution in [3.8, 4) is 17.0 Å². The van der Waals surface area contributed by atoms with Gasteiger partial charge in [0.25, 0.3) is 0 Å². The van der Waals surface area contributed by atoms with Crippen LogP contribution in [0.1, 0.15) is 5.69 Å². The lowest BCUT2D eigenvalue weighted by Gasteiger charge is -2.10. The molecule has 10 heteroatoms. The van der Waals surface area contributed by atoms with Crippen LogP contribution >= 0.6 is 0 Å². The minimum Gasteiger partial charge on any atom is -0.508 e. The van der Waals surface area contributed by atoms with E-state index in [0.717, 1.165) is 17.1 Å². The van der Waals surface area contributed by atoms with E-state index in [1.807, 2.05) is 24.3 Å². The van der Waals surface area contributed by atoms with E-state index in [1.54, 1.807) is 16.3 Å². The molecule has 0 aliphatic rings. The fourth-order valence-corrected chi connectivity index (χ4v) is 3.66. The van der Waals surface area contributed by atoms with Crippen LogP contribution in [-0.2, 0) is 13.6 Å². The second-order valence-electron chi connectivity index (χ2n) is 7.12. The molecule has 2 aromatic carbocycles. The molecule has 3 aromatic heterocycles. The van der Waals surface area contributed by atoms with Gasteiger partial charge in [-0.05, 0) is 24.3 Å². The maximum absolute atomic E-state index is 13.9. The summed E-state index contributed by atoms with van der Waals surface area (Å²) in [5.74, 6) is -0.660. The molecule has 0 aliphatic carbocycles. The minimum atomic E-state index is -0.607. The van der Waals surface area contributed by atoms with E-state index in [2.05, 4.69) is 20.1 Å². The van der Waals surface area contributed by atoms with Crippen molar-refractivity contribution >= 4 is 27.9 Å². The van der Waals surface area contributed by atoms with Gasteiger partial charge >= 0.3 is 0 Å². The van der Waals surface area contributed by atoms with Gasteiger partial charge in [-0.15, -0.1) is 0 Å². The number of anilines is 1. The number of nitrogen functional groups attached to an aromatic ring is 1. The average molecular weight is 416 g/mol. The fraction of sp³-hybridized carbons (Fsp3) is 0.0952. The van der Waals surface area contributed by atoms with Gasteiger partial charge in [0.2, 0.25) is 0 Å². The molecule has 3 heterocycles. The highest BCUT2D eigenvalue weighted by Gasteiger charge is 2.19. The predicted octanol–water partition coefficient (Wildman–Crippen LogP) is 2.33. The molecule has 0 saturated carbocycles. The molecule has 0 radical (unpaired) electrons. The van der Waals surface area contributed by atoms with Crippen LogP contribution in [0.5, 0.6) is 5.75 Å². The van der Waals surface area contributed by atoms with Crippen LogP contribution in [0.2, 0.25) is 0 Å². The van der Waals surface area contributed by atoms with Crippen molar-refractivity contribution in [2.24, 2.45) is 7.05 Å². The smallest absolute Gasteiger partial charge is 0.164 e. The van der Waals surface area contributed by atoms with Gasteiger partial charge in [0.05, 0.1) is 23.0 Å². The standard InChI is InChI=1S/C21H17FN8O/c1-29-16-5-3-2-4-14(16)27-15(20(29)24)9-30-21-17(19(23)25-10-26-21)18(28-30)11-6-12(22)8-13(31)7-11/h2-8,10,24,31H,9H2,1H3,(H2,23,25,26).